The Balaban J connectivity index is 1.89. The molecule has 2 rings (SSSR count). The lowest BCUT2D eigenvalue weighted by Gasteiger charge is -2.12. The van der Waals surface area contributed by atoms with Crippen molar-refractivity contribution < 1.29 is 9.53 Å². The number of carbonyl (C=O) groups is 1. The number of benzene rings is 1. The largest absolute Gasteiger partial charge is 0.484 e. The molecule has 1 heterocycles. The fraction of sp³-hybridized carbons (Fsp3) is 0.133. The summed E-state index contributed by atoms with van der Waals surface area (Å²) in [5.41, 5.74) is 0.690. The number of pyridine rings is 1. The van der Waals surface area contributed by atoms with Crippen molar-refractivity contribution in [3.63, 3.8) is 0 Å². The van der Waals surface area contributed by atoms with Crippen LogP contribution < -0.4 is 10.1 Å². The van der Waals surface area contributed by atoms with Crippen LogP contribution in [0, 0.1) is 11.3 Å². The number of nitrogens with zero attached hydrogens (tertiary/aromatic N) is 2. The predicted octanol–water partition coefficient (Wildman–Crippen LogP) is 1.84. The van der Waals surface area contributed by atoms with Crippen LogP contribution in [0.1, 0.15) is 11.6 Å². The van der Waals surface area contributed by atoms with Gasteiger partial charge in [0.05, 0.1) is 6.07 Å². The molecule has 2 aromatic rings. The molecule has 0 radical (unpaired) electrons. The zero-order valence-corrected chi connectivity index (χ0v) is 10.7. The molecule has 0 saturated heterocycles. The van der Waals surface area contributed by atoms with Gasteiger partial charge in [0, 0.05) is 12.4 Å². The number of hydrogen-bond donors (Lipinski definition) is 1. The highest BCUT2D eigenvalue weighted by Crippen LogP contribution is 2.11. The van der Waals surface area contributed by atoms with Crippen molar-refractivity contribution in [1.29, 1.82) is 5.26 Å². The van der Waals surface area contributed by atoms with E-state index in [1.807, 2.05) is 24.3 Å². The van der Waals surface area contributed by atoms with Gasteiger partial charge >= 0.3 is 0 Å². The van der Waals surface area contributed by atoms with Crippen LogP contribution >= 0.6 is 0 Å². The van der Waals surface area contributed by atoms with E-state index in [2.05, 4.69) is 10.3 Å². The van der Waals surface area contributed by atoms with Gasteiger partial charge in [0.25, 0.3) is 5.91 Å². The molecule has 0 bridgehead atoms. The summed E-state index contributed by atoms with van der Waals surface area (Å²) in [6.45, 7) is -0.132. The number of amides is 1. The number of para-hydroxylation sites is 1. The molecule has 0 aliphatic heterocycles. The summed E-state index contributed by atoms with van der Waals surface area (Å²) >= 11 is 0. The number of carbonyl (C=O) groups excluding carboxylic acids is 1. The van der Waals surface area contributed by atoms with Gasteiger partial charge in [0.15, 0.2) is 6.61 Å². The van der Waals surface area contributed by atoms with Crippen LogP contribution in [0.2, 0.25) is 0 Å². The van der Waals surface area contributed by atoms with Crippen molar-refractivity contribution in [2.24, 2.45) is 0 Å². The first kappa shape index (κ1) is 13.6. The zero-order valence-electron chi connectivity index (χ0n) is 10.7. The van der Waals surface area contributed by atoms with E-state index in [1.165, 1.54) is 0 Å². The summed E-state index contributed by atoms with van der Waals surface area (Å²) in [4.78, 5) is 15.6. The standard InChI is InChI=1S/C15H13N3O2/c16-10-14(12-6-8-17-9-7-12)18-15(19)11-20-13-4-2-1-3-5-13/h1-9,14H,11H2,(H,18,19). The fourth-order valence-corrected chi connectivity index (χ4v) is 1.61. The van der Waals surface area contributed by atoms with Crippen molar-refractivity contribution >= 4 is 5.91 Å². The van der Waals surface area contributed by atoms with Crippen molar-refractivity contribution in [2.45, 2.75) is 6.04 Å². The van der Waals surface area contributed by atoms with Crippen molar-refractivity contribution in [2.75, 3.05) is 6.61 Å². The van der Waals surface area contributed by atoms with Gasteiger partial charge in [-0.05, 0) is 29.8 Å². The van der Waals surface area contributed by atoms with Crippen LogP contribution in [0.5, 0.6) is 5.75 Å². The van der Waals surface area contributed by atoms with Gasteiger partial charge in [-0.25, -0.2) is 0 Å². The van der Waals surface area contributed by atoms with E-state index < -0.39 is 6.04 Å². The SMILES string of the molecule is N#CC(NC(=O)COc1ccccc1)c1ccncc1. The smallest absolute Gasteiger partial charge is 0.259 e. The molecule has 1 aromatic carbocycles. The molecule has 0 aliphatic rings. The van der Waals surface area contributed by atoms with Gasteiger partial charge in [-0.2, -0.15) is 5.26 Å². The fourth-order valence-electron chi connectivity index (χ4n) is 1.61. The van der Waals surface area contributed by atoms with Gasteiger partial charge in [-0.15, -0.1) is 0 Å². The van der Waals surface area contributed by atoms with Gasteiger partial charge in [-0.1, -0.05) is 18.2 Å². The van der Waals surface area contributed by atoms with Crippen LogP contribution in [-0.2, 0) is 4.79 Å². The third kappa shape index (κ3) is 3.82. The molecule has 100 valence electrons. The molecule has 1 aromatic heterocycles. The van der Waals surface area contributed by atoms with E-state index in [0.29, 0.717) is 11.3 Å². The van der Waals surface area contributed by atoms with Gasteiger partial charge in [-0.3, -0.25) is 9.78 Å². The van der Waals surface area contributed by atoms with E-state index in [4.69, 9.17) is 10.00 Å². The third-order valence-corrected chi connectivity index (χ3v) is 2.59. The highest BCUT2D eigenvalue weighted by molar-refractivity contribution is 5.78. The van der Waals surface area contributed by atoms with Crippen LogP contribution in [-0.4, -0.2) is 17.5 Å². The molecule has 0 spiro atoms. The van der Waals surface area contributed by atoms with E-state index in [-0.39, 0.29) is 12.5 Å². The molecule has 20 heavy (non-hydrogen) atoms. The number of nitriles is 1. The minimum Gasteiger partial charge on any atom is -0.484 e. The Morgan fingerprint density at radius 3 is 2.60 bits per heavy atom. The van der Waals surface area contributed by atoms with Crippen molar-refractivity contribution in [3.8, 4) is 11.8 Å². The van der Waals surface area contributed by atoms with E-state index in [1.54, 1.807) is 36.7 Å². The lowest BCUT2D eigenvalue weighted by Crippen LogP contribution is -2.32. The molecule has 5 heteroatoms. The first-order valence-electron chi connectivity index (χ1n) is 6.06. The molecular formula is C15H13N3O2. The number of hydrogen-bond acceptors (Lipinski definition) is 4. The average Bonchev–Trinajstić information content (AvgIpc) is 2.52. The van der Waals surface area contributed by atoms with Crippen molar-refractivity contribution in [1.82, 2.24) is 10.3 Å². The maximum atomic E-state index is 11.8. The summed E-state index contributed by atoms with van der Waals surface area (Å²) in [7, 11) is 0. The molecule has 1 atom stereocenters. The maximum absolute atomic E-state index is 11.8. The van der Waals surface area contributed by atoms with Crippen LogP contribution in [0.3, 0.4) is 0 Å². The van der Waals surface area contributed by atoms with Crippen molar-refractivity contribution in [3.05, 3.63) is 60.4 Å². The Kier molecular flexibility index (Phi) is 4.68. The van der Waals surface area contributed by atoms with Gasteiger partial charge < -0.3 is 10.1 Å². The molecule has 1 unspecified atom stereocenters. The van der Waals surface area contributed by atoms with E-state index in [9.17, 15) is 4.79 Å². The Labute approximate surface area is 116 Å². The van der Waals surface area contributed by atoms with Crippen LogP contribution in [0.15, 0.2) is 54.9 Å². The van der Waals surface area contributed by atoms with E-state index in [0.717, 1.165) is 0 Å². The summed E-state index contributed by atoms with van der Waals surface area (Å²) in [6.07, 6.45) is 3.15. The number of nitrogens with one attached hydrogen (secondary N) is 1. The topological polar surface area (TPSA) is 75.0 Å². The highest BCUT2D eigenvalue weighted by Gasteiger charge is 2.13. The first-order valence-corrected chi connectivity index (χ1v) is 6.06. The Morgan fingerprint density at radius 1 is 1.25 bits per heavy atom. The van der Waals surface area contributed by atoms with E-state index >= 15 is 0 Å². The monoisotopic (exact) mass is 267 g/mol. The molecule has 0 aliphatic carbocycles. The normalized spacial score (nSPS) is 11.2. The minimum absolute atomic E-state index is 0.132. The highest BCUT2D eigenvalue weighted by atomic mass is 16.5. The van der Waals surface area contributed by atoms with Crippen LogP contribution in [0.25, 0.3) is 0 Å². The zero-order chi connectivity index (χ0) is 14.2. The quantitative estimate of drug-likeness (QED) is 0.897. The second-order valence-corrected chi connectivity index (χ2v) is 4.01. The molecule has 5 nitrogen and oxygen atoms in total. The third-order valence-electron chi connectivity index (χ3n) is 2.59. The Morgan fingerprint density at radius 2 is 1.95 bits per heavy atom. The minimum atomic E-state index is -0.704. The number of rotatable bonds is 5. The lowest BCUT2D eigenvalue weighted by atomic mass is 10.1. The average molecular weight is 267 g/mol. The Bertz CT molecular complexity index is 594. The second kappa shape index (κ2) is 6.90. The number of ether oxygens (including phenoxy) is 1. The summed E-state index contributed by atoms with van der Waals surface area (Å²) < 4.78 is 5.32. The molecule has 1 amide bonds. The molecule has 0 fully saturated rings. The maximum Gasteiger partial charge on any atom is 0.259 e. The molecule has 1 N–H and O–H groups in total. The summed E-state index contributed by atoms with van der Waals surface area (Å²) in [5, 5.41) is 11.7. The second-order valence-electron chi connectivity index (χ2n) is 4.01. The Hall–Kier alpha value is -2.87. The number of aromatic nitrogens is 1. The molecular weight excluding hydrogens is 254 g/mol. The summed E-state index contributed by atoms with van der Waals surface area (Å²) in [6, 6.07) is 13.7. The van der Waals surface area contributed by atoms with Gasteiger partial charge in [0.1, 0.15) is 11.8 Å². The summed E-state index contributed by atoms with van der Waals surface area (Å²) in [5.74, 6) is 0.261. The first-order chi connectivity index (χ1) is 9.79. The van der Waals surface area contributed by atoms with Crippen LogP contribution in [0.4, 0.5) is 0 Å². The predicted molar refractivity (Wildman–Crippen MR) is 72.7 cm³/mol. The lowest BCUT2D eigenvalue weighted by molar-refractivity contribution is -0.123. The van der Waals surface area contributed by atoms with Gasteiger partial charge in [0.2, 0.25) is 0 Å². The molecule has 0 saturated carbocycles.